The Hall–Kier alpha value is -0.730. The van der Waals surface area contributed by atoms with Crippen LogP contribution in [0.1, 0.15) is 38.4 Å². The molecule has 18 heavy (non-hydrogen) atoms. The molecule has 1 unspecified atom stereocenters. The van der Waals surface area contributed by atoms with E-state index in [1.807, 2.05) is 6.07 Å². The number of hydrogen-bond acceptors (Lipinski definition) is 1. The predicted octanol–water partition coefficient (Wildman–Crippen LogP) is 5.65. The molecule has 0 aliphatic rings. The number of alkyl halides is 1. The highest BCUT2D eigenvalue weighted by Crippen LogP contribution is 2.38. The third kappa shape index (κ3) is 2.36. The lowest BCUT2D eigenvalue weighted by atomic mass is 9.92. The number of halogens is 2. The highest BCUT2D eigenvalue weighted by Gasteiger charge is 2.20. The predicted molar refractivity (Wildman–Crippen MR) is 79.9 cm³/mol. The molecule has 0 saturated carbocycles. The maximum atomic E-state index is 5.85. The van der Waals surface area contributed by atoms with Crippen molar-refractivity contribution in [3.63, 3.8) is 0 Å². The van der Waals surface area contributed by atoms with Crippen molar-refractivity contribution in [3.8, 4) is 0 Å². The van der Waals surface area contributed by atoms with Crippen molar-refractivity contribution >= 4 is 27.5 Å². The van der Waals surface area contributed by atoms with Gasteiger partial charge in [-0.1, -0.05) is 22.0 Å². The van der Waals surface area contributed by atoms with Gasteiger partial charge in [-0.2, -0.15) is 0 Å². The molecule has 3 heteroatoms. The van der Waals surface area contributed by atoms with Gasteiger partial charge in [0.1, 0.15) is 5.76 Å². The standard InChI is InChI=1S/C15H16BrClO/c1-8-7-9(2)11(4)14(10(8)3)15(16)12-5-6-13(17)18-12/h5-7,15H,1-4H3. The normalized spacial score (nSPS) is 12.8. The fourth-order valence-electron chi connectivity index (χ4n) is 2.23. The van der Waals surface area contributed by atoms with Gasteiger partial charge in [-0.05, 0) is 79.2 Å². The second-order valence-electron chi connectivity index (χ2n) is 4.68. The Morgan fingerprint density at radius 2 is 1.61 bits per heavy atom. The molecule has 1 heterocycles. The van der Waals surface area contributed by atoms with Gasteiger partial charge < -0.3 is 4.42 Å². The lowest BCUT2D eigenvalue weighted by Crippen LogP contribution is -2.02. The van der Waals surface area contributed by atoms with Gasteiger partial charge in [-0.25, -0.2) is 0 Å². The van der Waals surface area contributed by atoms with E-state index in [1.165, 1.54) is 27.8 Å². The Kier molecular flexibility index (Phi) is 3.88. The molecule has 0 N–H and O–H groups in total. The highest BCUT2D eigenvalue weighted by atomic mass is 79.9. The Balaban J connectivity index is 2.57. The maximum Gasteiger partial charge on any atom is 0.193 e. The maximum absolute atomic E-state index is 5.85. The van der Waals surface area contributed by atoms with Crippen LogP contribution in [0.15, 0.2) is 22.6 Å². The summed E-state index contributed by atoms with van der Waals surface area (Å²) in [6.45, 7) is 8.58. The molecule has 0 radical (unpaired) electrons. The van der Waals surface area contributed by atoms with Gasteiger partial charge in [0.05, 0.1) is 4.83 Å². The zero-order valence-corrected chi connectivity index (χ0v) is 13.3. The SMILES string of the molecule is Cc1cc(C)c(C)c(C(Br)c2ccc(Cl)o2)c1C. The van der Waals surface area contributed by atoms with Gasteiger partial charge in [-0.3, -0.25) is 0 Å². The van der Waals surface area contributed by atoms with Gasteiger partial charge in [0, 0.05) is 0 Å². The van der Waals surface area contributed by atoms with Crippen molar-refractivity contribution in [2.45, 2.75) is 32.5 Å². The molecule has 0 spiro atoms. The van der Waals surface area contributed by atoms with Crippen LogP contribution < -0.4 is 0 Å². The summed E-state index contributed by atoms with van der Waals surface area (Å²) < 4.78 is 5.51. The molecular formula is C15H16BrClO. The molecule has 1 nitrogen and oxygen atoms in total. The van der Waals surface area contributed by atoms with E-state index in [9.17, 15) is 0 Å². The van der Waals surface area contributed by atoms with Crippen LogP contribution in [0, 0.1) is 27.7 Å². The molecule has 0 saturated heterocycles. The first-order valence-electron chi connectivity index (χ1n) is 5.88. The lowest BCUT2D eigenvalue weighted by molar-refractivity contribution is 0.521. The first-order valence-corrected chi connectivity index (χ1v) is 7.17. The van der Waals surface area contributed by atoms with Gasteiger partial charge in [-0.15, -0.1) is 0 Å². The summed E-state index contributed by atoms with van der Waals surface area (Å²) in [7, 11) is 0. The average molecular weight is 328 g/mol. The summed E-state index contributed by atoms with van der Waals surface area (Å²) in [5, 5.41) is 0.425. The molecule has 96 valence electrons. The number of benzene rings is 1. The Morgan fingerprint density at radius 3 is 2.06 bits per heavy atom. The molecule has 0 amide bonds. The molecule has 2 aromatic rings. The first kappa shape index (κ1) is 13.7. The Morgan fingerprint density at radius 1 is 1.06 bits per heavy atom. The zero-order chi connectivity index (χ0) is 13.4. The topological polar surface area (TPSA) is 13.1 Å². The van der Waals surface area contributed by atoms with Crippen LogP contribution in [0.25, 0.3) is 0 Å². The van der Waals surface area contributed by atoms with Crippen molar-refractivity contribution in [1.29, 1.82) is 0 Å². The van der Waals surface area contributed by atoms with Gasteiger partial charge in [0.2, 0.25) is 0 Å². The minimum Gasteiger partial charge on any atom is -0.448 e. The minimum absolute atomic E-state index is 0.0450. The minimum atomic E-state index is 0.0450. The Bertz CT molecular complexity index is 560. The fourth-order valence-corrected chi connectivity index (χ4v) is 3.32. The summed E-state index contributed by atoms with van der Waals surface area (Å²) in [6, 6.07) is 5.92. The number of aryl methyl sites for hydroxylation is 2. The summed E-state index contributed by atoms with van der Waals surface area (Å²) in [6.07, 6.45) is 0. The van der Waals surface area contributed by atoms with Crippen molar-refractivity contribution in [2.24, 2.45) is 0 Å². The van der Waals surface area contributed by atoms with Crippen LogP contribution in [-0.2, 0) is 0 Å². The van der Waals surface area contributed by atoms with E-state index in [-0.39, 0.29) is 4.83 Å². The molecule has 0 aliphatic carbocycles. The molecule has 0 bridgehead atoms. The third-order valence-corrected chi connectivity index (χ3v) is 4.63. The van der Waals surface area contributed by atoms with Crippen LogP contribution in [-0.4, -0.2) is 0 Å². The highest BCUT2D eigenvalue weighted by molar-refractivity contribution is 9.09. The van der Waals surface area contributed by atoms with Crippen LogP contribution in [0.5, 0.6) is 0 Å². The van der Waals surface area contributed by atoms with E-state index in [2.05, 4.69) is 49.7 Å². The lowest BCUT2D eigenvalue weighted by Gasteiger charge is -2.18. The molecule has 0 fully saturated rings. The summed E-state index contributed by atoms with van der Waals surface area (Å²) in [4.78, 5) is 0.0450. The monoisotopic (exact) mass is 326 g/mol. The van der Waals surface area contributed by atoms with E-state index >= 15 is 0 Å². The largest absolute Gasteiger partial charge is 0.448 e. The van der Waals surface area contributed by atoms with Crippen LogP contribution in [0.3, 0.4) is 0 Å². The van der Waals surface area contributed by atoms with Crippen LogP contribution in [0.4, 0.5) is 0 Å². The van der Waals surface area contributed by atoms with Crippen LogP contribution in [0.2, 0.25) is 5.22 Å². The van der Waals surface area contributed by atoms with Crippen molar-refractivity contribution in [3.05, 3.63) is 57.0 Å². The summed E-state index contributed by atoms with van der Waals surface area (Å²) >= 11 is 9.57. The molecule has 2 rings (SSSR count). The number of hydrogen-bond donors (Lipinski definition) is 0. The van der Waals surface area contributed by atoms with E-state index in [0.717, 1.165) is 5.76 Å². The second-order valence-corrected chi connectivity index (χ2v) is 5.97. The van der Waals surface area contributed by atoms with Crippen LogP contribution >= 0.6 is 27.5 Å². The second kappa shape index (κ2) is 5.10. The average Bonchev–Trinajstić information content (AvgIpc) is 2.73. The summed E-state index contributed by atoms with van der Waals surface area (Å²) in [5.74, 6) is 0.844. The van der Waals surface area contributed by atoms with E-state index < -0.39 is 0 Å². The summed E-state index contributed by atoms with van der Waals surface area (Å²) in [5.41, 5.74) is 6.48. The first-order chi connectivity index (χ1) is 8.41. The fraction of sp³-hybridized carbons (Fsp3) is 0.333. The quantitative estimate of drug-likeness (QED) is 0.649. The van der Waals surface area contributed by atoms with E-state index in [0.29, 0.717) is 5.22 Å². The van der Waals surface area contributed by atoms with E-state index in [4.69, 9.17) is 16.0 Å². The van der Waals surface area contributed by atoms with Gasteiger partial charge in [0.15, 0.2) is 5.22 Å². The van der Waals surface area contributed by atoms with Crippen molar-refractivity contribution < 1.29 is 4.42 Å². The molecule has 1 atom stereocenters. The molecule has 1 aromatic carbocycles. The van der Waals surface area contributed by atoms with Gasteiger partial charge in [0.25, 0.3) is 0 Å². The number of furan rings is 1. The third-order valence-electron chi connectivity index (χ3n) is 3.52. The van der Waals surface area contributed by atoms with Gasteiger partial charge >= 0.3 is 0 Å². The Labute approximate surface area is 121 Å². The van der Waals surface area contributed by atoms with Crippen molar-refractivity contribution in [1.82, 2.24) is 0 Å². The molecule has 1 aromatic heterocycles. The number of rotatable bonds is 2. The smallest absolute Gasteiger partial charge is 0.193 e. The zero-order valence-electron chi connectivity index (χ0n) is 11.0. The molecular weight excluding hydrogens is 312 g/mol. The molecule has 0 aliphatic heterocycles. The van der Waals surface area contributed by atoms with E-state index in [1.54, 1.807) is 6.07 Å². The van der Waals surface area contributed by atoms with Crippen molar-refractivity contribution in [2.75, 3.05) is 0 Å².